The first-order valence-corrected chi connectivity index (χ1v) is 10.3. The van der Waals surface area contributed by atoms with E-state index >= 15 is 0 Å². The number of para-hydroxylation sites is 1. The number of fused-ring (bicyclic) bond motifs is 1. The lowest BCUT2D eigenvalue weighted by molar-refractivity contribution is -0.157. The topological polar surface area (TPSA) is 82.7 Å². The van der Waals surface area contributed by atoms with E-state index in [1.165, 1.54) is 0 Å². The number of unbranched alkanes of at least 4 members (excludes halogenated alkanes) is 1. The van der Waals surface area contributed by atoms with Crippen LogP contribution in [0.4, 0.5) is 0 Å². The number of ether oxygens (including phenoxy) is 1. The van der Waals surface area contributed by atoms with Crippen molar-refractivity contribution >= 4 is 28.7 Å². The van der Waals surface area contributed by atoms with Crippen molar-refractivity contribution in [3.05, 3.63) is 35.5 Å². The van der Waals surface area contributed by atoms with Crippen molar-refractivity contribution in [2.45, 2.75) is 52.4 Å². The summed E-state index contributed by atoms with van der Waals surface area (Å²) in [6.07, 6.45) is 2.92. The average Bonchev–Trinajstić information content (AvgIpc) is 3.31. The molecule has 0 atom stereocenters. The number of carbonyl (C=O) groups is 3. The number of nitrogens with one attached hydrogen (secondary N) is 1. The lowest BCUT2D eigenvalue weighted by Crippen LogP contribution is -2.45. The number of benzene rings is 1. The van der Waals surface area contributed by atoms with Gasteiger partial charge in [0.15, 0.2) is 0 Å². The molecule has 0 unspecified atom stereocenters. The van der Waals surface area contributed by atoms with Crippen LogP contribution in [-0.2, 0) is 25.5 Å². The van der Waals surface area contributed by atoms with Gasteiger partial charge in [0.1, 0.15) is 0 Å². The number of esters is 1. The predicted molar refractivity (Wildman–Crippen MR) is 110 cm³/mol. The van der Waals surface area contributed by atoms with Crippen molar-refractivity contribution in [1.29, 1.82) is 0 Å². The number of aromatic nitrogens is 1. The molecule has 1 aromatic heterocycles. The van der Waals surface area contributed by atoms with Crippen molar-refractivity contribution in [2.24, 2.45) is 0 Å². The number of hydrogen-bond donors (Lipinski definition) is 1. The molecule has 7 heteroatoms. The summed E-state index contributed by atoms with van der Waals surface area (Å²) in [6, 6.07) is 7.94. The predicted octanol–water partition coefficient (Wildman–Crippen LogP) is 3.12. The number of H-pyrrole nitrogens is 1. The Morgan fingerprint density at radius 2 is 1.72 bits per heavy atom. The van der Waals surface area contributed by atoms with Gasteiger partial charge in [0.2, 0.25) is 11.8 Å². The second-order valence-corrected chi connectivity index (χ2v) is 7.35. The Morgan fingerprint density at radius 3 is 2.48 bits per heavy atom. The first-order chi connectivity index (χ1) is 14.0. The molecule has 156 valence electrons. The van der Waals surface area contributed by atoms with Crippen molar-refractivity contribution in [3.8, 4) is 0 Å². The normalized spacial score (nSPS) is 13.9. The molecule has 1 N–H and O–H groups in total. The summed E-state index contributed by atoms with van der Waals surface area (Å²) in [7, 11) is 0. The number of aromatic amines is 1. The minimum absolute atomic E-state index is 0.0599. The van der Waals surface area contributed by atoms with Crippen molar-refractivity contribution in [1.82, 2.24) is 15.0 Å². The Balaban J connectivity index is 1.56. The first-order valence-electron chi connectivity index (χ1n) is 10.3. The maximum Gasteiger partial charge on any atom is 0.305 e. The van der Waals surface area contributed by atoms with Crippen LogP contribution in [0.5, 0.6) is 0 Å². The third-order valence-corrected chi connectivity index (χ3v) is 5.29. The van der Waals surface area contributed by atoms with Crippen molar-refractivity contribution in [2.75, 3.05) is 19.7 Å². The highest BCUT2D eigenvalue weighted by atomic mass is 16.5. The molecule has 1 fully saturated rings. The summed E-state index contributed by atoms with van der Waals surface area (Å²) in [4.78, 5) is 40.3. The number of hydrogen-bond acceptors (Lipinski definition) is 4. The highest BCUT2D eigenvalue weighted by molar-refractivity contribution is 5.91. The summed E-state index contributed by atoms with van der Waals surface area (Å²) < 4.78 is 4.90. The van der Waals surface area contributed by atoms with Gasteiger partial charge in [-0.1, -0.05) is 18.2 Å². The molecule has 0 spiro atoms. The smallest absolute Gasteiger partial charge is 0.305 e. The second kappa shape index (κ2) is 9.58. The second-order valence-electron chi connectivity index (χ2n) is 7.35. The molecule has 29 heavy (non-hydrogen) atoms. The summed E-state index contributed by atoms with van der Waals surface area (Å²) in [5.74, 6) is -0.349. The zero-order chi connectivity index (χ0) is 20.8. The van der Waals surface area contributed by atoms with Gasteiger partial charge in [-0.2, -0.15) is 0 Å². The van der Waals surface area contributed by atoms with E-state index in [9.17, 15) is 14.4 Å². The molecule has 0 aliphatic carbocycles. The summed E-state index contributed by atoms with van der Waals surface area (Å²) in [6.45, 7) is 5.25. The van der Waals surface area contributed by atoms with E-state index in [0.29, 0.717) is 45.4 Å². The molecule has 1 saturated heterocycles. The van der Waals surface area contributed by atoms with E-state index in [1.807, 2.05) is 31.2 Å². The van der Waals surface area contributed by atoms with Gasteiger partial charge in [0, 0.05) is 42.5 Å². The lowest BCUT2D eigenvalue weighted by atomic mass is 10.1. The van der Waals surface area contributed by atoms with Crippen LogP contribution in [0.1, 0.15) is 50.3 Å². The number of carbonyl (C=O) groups excluding carboxylic acids is 3. The maximum atomic E-state index is 13.0. The fourth-order valence-electron chi connectivity index (χ4n) is 3.84. The molecule has 0 bridgehead atoms. The molecule has 2 aromatic rings. The molecular weight excluding hydrogens is 370 g/mol. The third kappa shape index (κ3) is 4.96. The Bertz CT molecular complexity index is 889. The van der Waals surface area contributed by atoms with Gasteiger partial charge in [-0.25, -0.2) is 0 Å². The van der Waals surface area contributed by atoms with E-state index in [4.69, 9.17) is 4.74 Å². The van der Waals surface area contributed by atoms with E-state index in [2.05, 4.69) is 4.98 Å². The van der Waals surface area contributed by atoms with Gasteiger partial charge in [-0.15, -0.1) is 0 Å². The van der Waals surface area contributed by atoms with Gasteiger partial charge in [-0.05, 0) is 44.7 Å². The van der Waals surface area contributed by atoms with Crippen LogP contribution in [0.15, 0.2) is 24.3 Å². The first kappa shape index (κ1) is 20.9. The Morgan fingerprint density at radius 1 is 1.03 bits per heavy atom. The summed E-state index contributed by atoms with van der Waals surface area (Å²) in [5.41, 5.74) is 2.98. The molecule has 2 amide bonds. The van der Waals surface area contributed by atoms with Crippen LogP contribution in [0.25, 0.3) is 10.9 Å². The standard InChI is InChI=1S/C22H29N3O4/c1-3-29-22(28)12-7-6-11-20(26)24-13-8-14-25(24)21(27)15-18-16(2)23-19-10-5-4-9-17(18)19/h4-5,9-10,23H,3,6-8,11-15H2,1-2H3. The zero-order valence-electron chi connectivity index (χ0n) is 17.2. The Hall–Kier alpha value is -2.83. The number of amides is 2. The van der Waals surface area contributed by atoms with Gasteiger partial charge in [-0.3, -0.25) is 24.4 Å². The van der Waals surface area contributed by atoms with Gasteiger partial charge >= 0.3 is 5.97 Å². The molecule has 1 aromatic carbocycles. The molecule has 0 saturated carbocycles. The van der Waals surface area contributed by atoms with Crippen LogP contribution >= 0.6 is 0 Å². The number of aryl methyl sites for hydroxylation is 1. The van der Waals surface area contributed by atoms with Crippen LogP contribution in [0.3, 0.4) is 0 Å². The van der Waals surface area contributed by atoms with E-state index in [0.717, 1.165) is 28.6 Å². The molecule has 7 nitrogen and oxygen atoms in total. The summed E-state index contributed by atoms with van der Waals surface area (Å²) in [5, 5.41) is 4.22. The Labute approximate surface area is 171 Å². The molecule has 0 radical (unpaired) electrons. The quantitative estimate of drug-likeness (QED) is 0.546. The molecule has 3 rings (SSSR count). The van der Waals surface area contributed by atoms with Gasteiger partial charge in [0.25, 0.3) is 0 Å². The number of nitrogens with zero attached hydrogens (tertiary/aromatic N) is 2. The lowest BCUT2D eigenvalue weighted by Gasteiger charge is -2.28. The highest BCUT2D eigenvalue weighted by Gasteiger charge is 2.30. The monoisotopic (exact) mass is 399 g/mol. The van der Waals surface area contributed by atoms with E-state index < -0.39 is 0 Å². The van der Waals surface area contributed by atoms with Crippen molar-refractivity contribution in [3.63, 3.8) is 0 Å². The average molecular weight is 399 g/mol. The minimum Gasteiger partial charge on any atom is -0.466 e. The number of hydrazine groups is 1. The summed E-state index contributed by atoms with van der Waals surface area (Å²) >= 11 is 0. The highest BCUT2D eigenvalue weighted by Crippen LogP contribution is 2.24. The van der Waals surface area contributed by atoms with E-state index in [-0.39, 0.29) is 24.2 Å². The van der Waals surface area contributed by atoms with Gasteiger partial charge < -0.3 is 9.72 Å². The zero-order valence-corrected chi connectivity index (χ0v) is 17.2. The van der Waals surface area contributed by atoms with E-state index in [1.54, 1.807) is 16.9 Å². The maximum absolute atomic E-state index is 13.0. The van der Waals surface area contributed by atoms with Gasteiger partial charge in [0.05, 0.1) is 13.0 Å². The molecule has 2 heterocycles. The number of rotatable bonds is 8. The fraction of sp³-hybridized carbons (Fsp3) is 0.500. The fourth-order valence-corrected chi connectivity index (χ4v) is 3.84. The van der Waals surface area contributed by atoms with Crippen molar-refractivity contribution < 1.29 is 19.1 Å². The van der Waals surface area contributed by atoms with Crippen LogP contribution in [0, 0.1) is 6.92 Å². The largest absolute Gasteiger partial charge is 0.466 e. The molecular formula is C22H29N3O4. The Kier molecular flexibility index (Phi) is 6.90. The van der Waals surface area contributed by atoms with Crippen LogP contribution in [-0.4, -0.2) is 52.5 Å². The third-order valence-electron chi connectivity index (χ3n) is 5.29. The minimum atomic E-state index is -0.230. The molecule has 1 aliphatic rings. The van der Waals surface area contributed by atoms with Crippen LogP contribution in [0.2, 0.25) is 0 Å². The SMILES string of the molecule is CCOC(=O)CCCCC(=O)N1CCCN1C(=O)Cc1c(C)[nH]c2ccccc12. The van der Waals surface area contributed by atoms with Crippen LogP contribution < -0.4 is 0 Å². The molecule has 1 aliphatic heterocycles.